The molecule has 0 radical (unpaired) electrons. The van der Waals surface area contributed by atoms with E-state index in [0.717, 1.165) is 12.2 Å². The summed E-state index contributed by atoms with van der Waals surface area (Å²) in [4.78, 5) is 0. The number of likely N-dealkylation sites (N-methyl/N-ethyl adjacent to an activating group) is 1. The molecular formula is C9H15N3O. The molecule has 72 valence electrons. The van der Waals surface area contributed by atoms with Crippen molar-refractivity contribution in [3.05, 3.63) is 17.8 Å². The zero-order chi connectivity index (χ0) is 9.68. The molecule has 0 spiro atoms. The van der Waals surface area contributed by atoms with Crippen LogP contribution < -0.4 is 10.1 Å². The van der Waals surface area contributed by atoms with Gasteiger partial charge in [0.2, 0.25) is 5.88 Å². The largest absolute Gasteiger partial charge is 0.472 e. The Balaban J connectivity index is 2.49. The Hall–Kier alpha value is -1.16. The summed E-state index contributed by atoms with van der Waals surface area (Å²) in [5.74, 6) is 0.577. The monoisotopic (exact) mass is 181 g/mol. The lowest BCUT2D eigenvalue weighted by molar-refractivity contribution is 0.209. The lowest BCUT2D eigenvalue weighted by Gasteiger charge is -2.12. The van der Waals surface area contributed by atoms with Crippen LogP contribution in [-0.2, 0) is 0 Å². The van der Waals surface area contributed by atoms with Crippen molar-refractivity contribution in [2.75, 3.05) is 13.6 Å². The number of hydrogen-bond acceptors (Lipinski definition) is 4. The number of aryl methyl sites for hydroxylation is 1. The molecule has 0 amide bonds. The molecule has 4 heteroatoms. The van der Waals surface area contributed by atoms with Gasteiger partial charge in [-0.3, -0.25) is 0 Å². The Kier molecular flexibility index (Phi) is 3.64. The van der Waals surface area contributed by atoms with E-state index < -0.39 is 0 Å². The fraction of sp³-hybridized carbons (Fsp3) is 0.556. The highest BCUT2D eigenvalue weighted by atomic mass is 16.5. The summed E-state index contributed by atoms with van der Waals surface area (Å²) in [5.41, 5.74) is 0.897. The molecular weight excluding hydrogens is 166 g/mol. The Morgan fingerprint density at radius 1 is 1.46 bits per heavy atom. The lowest BCUT2D eigenvalue weighted by atomic mass is 10.4. The van der Waals surface area contributed by atoms with Gasteiger partial charge in [-0.2, -0.15) is 5.10 Å². The van der Waals surface area contributed by atoms with E-state index in [4.69, 9.17) is 4.74 Å². The molecule has 1 aromatic heterocycles. The molecule has 4 nitrogen and oxygen atoms in total. The van der Waals surface area contributed by atoms with Gasteiger partial charge in [0.15, 0.2) is 0 Å². The normalized spacial score (nSPS) is 12.5. The maximum absolute atomic E-state index is 5.47. The van der Waals surface area contributed by atoms with Gasteiger partial charge in [0.05, 0.1) is 5.69 Å². The van der Waals surface area contributed by atoms with Crippen molar-refractivity contribution in [3.63, 3.8) is 0 Å². The first-order valence-corrected chi connectivity index (χ1v) is 4.34. The van der Waals surface area contributed by atoms with Gasteiger partial charge in [0.25, 0.3) is 0 Å². The highest BCUT2D eigenvalue weighted by molar-refractivity contribution is 5.10. The quantitative estimate of drug-likeness (QED) is 0.745. The number of rotatable bonds is 4. The molecule has 0 bridgehead atoms. The van der Waals surface area contributed by atoms with Crippen LogP contribution in [0.2, 0.25) is 0 Å². The third-order valence-electron chi connectivity index (χ3n) is 1.59. The van der Waals surface area contributed by atoms with Crippen molar-refractivity contribution in [2.24, 2.45) is 0 Å². The van der Waals surface area contributed by atoms with Crippen LogP contribution in [0.5, 0.6) is 5.88 Å². The molecule has 1 unspecified atom stereocenters. The van der Waals surface area contributed by atoms with E-state index in [-0.39, 0.29) is 6.10 Å². The molecule has 0 aliphatic heterocycles. The number of nitrogens with zero attached hydrogens (tertiary/aromatic N) is 2. The van der Waals surface area contributed by atoms with E-state index in [1.807, 2.05) is 33.0 Å². The summed E-state index contributed by atoms with van der Waals surface area (Å²) in [5, 5.41) is 10.8. The summed E-state index contributed by atoms with van der Waals surface area (Å²) in [6.45, 7) is 4.68. The van der Waals surface area contributed by atoms with Crippen LogP contribution in [0, 0.1) is 6.92 Å². The fourth-order valence-electron chi connectivity index (χ4n) is 0.985. The maximum atomic E-state index is 5.47. The van der Waals surface area contributed by atoms with E-state index in [2.05, 4.69) is 15.5 Å². The molecule has 1 rings (SSSR count). The fourth-order valence-corrected chi connectivity index (χ4v) is 0.985. The molecule has 0 aliphatic carbocycles. The van der Waals surface area contributed by atoms with E-state index >= 15 is 0 Å². The number of aromatic nitrogens is 2. The van der Waals surface area contributed by atoms with Gasteiger partial charge in [-0.1, -0.05) is 0 Å². The standard InChI is InChI=1S/C9H15N3O/c1-7-4-5-9(12-11-7)13-8(2)6-10-3/h4-5,8,10H,6H2,1-3H3. The topological polar surface area (TPSA) is 47.0 Å². The Labute approximate surface area is 78.3 Å². The smallest absolute Gasteiger partial charge is 0.233 e. The molecule has 0 aromatic carbocycles. The zero-order valence-electron chi connectivity index (χ0n) is 8.24. The van der Waals surface area contributed by atoms with Crippen LogP contribution >= 0.6 is 0 Å². The zero-order valence-corrected chi connectivity index (χ0v) is 8.24. The third-order valence-corrected chi connectivity index (χ3v) is 1.59. The molecule has 13 heavy (non-hydrogen) atoms. The SMILES string of the molecule is CNCC(C)Oc1ccc(C)nn1. The number of nitrogens with one attached hydrogen (secondary N) is 1. The molecule has 1 aromatic rings. The minimum absolute atomic E-state index is 0.113. The van der Waals surface area contributed by atoms with Gasteiger partial charge in [-0.05, 0) is 27.0 Å². The summed E-state index contributed by atoms with van der Waals surface area (Å²) in [7, 11) is 1.89. The van der Waals surface area contributed by atoms with Crippen LogP contribution in [0.4, 0.5) is 0 Å². The Bertz CT molecular complexity index is 248. The highest BCUT2D eigenvalue weighted by Crippen LogP contribution is 2.06. The molecule has 1 atom stereocenters. The van der Waals surface area contributed by atoms with Gasteiger partial charge < -0.3 is 10.1 Å². The summed E-state index contributed by atoms with van der Waals surface area (Å²) >= 11 is 0. The first kappa shape index (κ1) is 9.92. The van der Waals surface area contributed by atoms with Gasteiger partial charge in [-0.25, -0.2) is 0 Å². The second kappa shape index (κ2) is 4.77. The Morgan fingerprint density at radius 2 is 2.23 bits per heavy atom. The predicted molar refractivity (Wildman–Crippen MR) is 50.8 cm³/mol. The van der Waals surface area contributed by atoms with Crippen molar-refractivity contribution >= 4 is 0 Å². The molecule has 0 saturated heterocycles. The lowest BCUT2D eigenvalue weighted by Crippen LogP contribution is -2.26. The average molecular weight is 181 g/mol. The minimum Gasteiger partial charge on any atom is -0.472 e. The predicted octanol–water partition coefficient (Wildman–Crippen LogP) is 0.772. The van der Waals surface area contributed by atoms with E-state index in [9.17, 15) is 0 Å². The van der Waals surface area contributed by atoms with Crippen LogP contribution in [0.15, 0.2) is 12.1 Å². The highest BCUT2D eigenvalue weighted by Gasteiger charge is 2.02. The minimum atomic E-state index is 0.113. The van der Waals surface area contributed by atoms with Crippen LogP contribution in [0.1, 0.15) is 12.6 Å². The van der Waals surface area contributed by atoms with Crippen molar-refractivity contribution in [1.29, 1.82) is 0 Å². The van der Waals surface area contributed by atoms with Gasteiger partial charge in [0, 0.05) is 12.6 Å². The number of hydrogen-bond donors (Lipinski definition) is 1. The van der Waals surface area contributed by atoms with Gasteiger partial charge in [-0.15, -0.1) is 5.10 Å². The van der Waals surface area contributed by atoms with Crippen molar-refractivity contribution < 1.29 is 4.74 Å². The summed E-state index contributed by atoms with van der Waals surface area (Å²) in [6.07, 6.45) is 0.113. The molecule has 1 heterocycles. The molecule has 0 fully saturated rings. The molecule has 0 saturated carbocycles. The van der Waals surface area contributed by atoms with Crippen LogP contribution in [-0.4, -0.2) is 29.9 Å². The third kappa shape index (κ3) is 3.38. The van der Waals surface area contributed by atoms with E-state index in [1.54, 1.807) is 0 Å². The second-order valence-electron chi connectivity index (χ2n) is 3.00. The van der Waals surface area contributed by atoms with Crippen LogP contribution in [0.3, 0.4) is 0 Å². The second-order valence-corrected chi connectivity index (χ2v) is 3.00. The molecule has 1 N–H and O–H groups in total. The van der Waals surface area contributed by atoms with E-state index in [1.165, 1.54) is 0 Å². The van der Waals surface area contributed by atoms with Crippen LogP contribution in [0.25, 0.3) is 0 Å². The summed E-state index contributed by atoms with van der Waals surface area (Å²) in [6, 6.07) is 3.71. The first-order chi connectivity index (χ1) is 6.22. The maximum Gasteiger partial charge on any atom is 0.233 e. The van der Waals surface area contributed by atoms with E-state index in [0.29, 0.717) is 5.88 Å². The molecule has 0 aliphatic rings. The summed E-state index contributed by atoms with van der Waals surface area (Å²) < 4.78 is 5.47. The van der Waals surface area contributed by atoms with Gasteiger partial charge in [0.1, 0.15) is 6.10 Å². The van der Waals surface area contributed by atoms with Gasteiger partial charge >= 0.3 is 0 Å². The first-order valence-electron chi connectivity index (χ1n) is 4.34. The Morgan fingerprint density at radius 3 is 2.77 bits per heavy atom. The van der Waals surface area contributed by atoms with Crippen molar-refractivity contribution in [2.45, 2.75) is 20.0 Å². The van der Waals surface area contributed by atoms with Crippen molar-refractivity contribution in [3.8, 4) is 5.88 Å². The van der Waals surface area contributed by atoms with Crippen molar-refractivity contribution in [1.82, 2.24) is 15.5 Å². The average Bonchev–Trinajstić information content (AvgIpc) is 2.09. The number of ether oxygens (including phenoxy) is 1.